The van der Waals surface area contributed by atoms with Gasteiger partial charge in [-0.05, 0) is 87.8 Å². The van der Waals surface area contributed by atoms with Crippen LogP contribution in [0, 0.1) is 6.92 Å². The molecule has 0 radical (unpaired) electrons. The quantitative estimate of drug-likeness (QED) is 0.341. The smallest absolute Gasteiger partial charge is 0.254 e. The van der Waals surface area contributed by atoms with Crippen LogP contribution < -0.4 is 15.8 Å². The van der Waals surface area contributed by atoms with Gasteiger partial charge < -0.3 is 20.7 Å². The number of methoxy groups -OCH3 is 1. The van der Waals surface area contributed by atoms with Gasteiger partial charge in [-0.3, -0.25) is 14.5 Å². The Hall–Kier alpha value is -3.20. The molecule has 0 spiro atoms. The van der Waals surface area contributed by atoms with Crippen LogP contribution in [0.1, 0.15) is 64.2 Å². The number of thiophene rings is 1. The van der Waals surface area contributed by atoms with Crippen molar-refractivity contribution in [3.05, 3.63) is 87.6 Å². The van der Waals surface area contributed by atoms with E-state index < -0.39 is 6.04 Å². The third kappa shape index (κ3) is 7.79. The number of ether oxygens (including phenoxy) is 1. The highest BCUT2D eigenvalue weighted by atomic mass is 32.1. The summed E-state index contributed by atoms with van der Waals surface area (Å²) >= 11 is 1.83. The predicted octanol–water partition coefficient (Wildman–Crippen LogP) is 5.17. The minimum Gasteiger partial charge on any atom is -0.497 e. The molecule has 1 saturated heterocycles. The van der Waals surface area contributed by atoms with Gasteiger partial charge in [0.2, 0.25) is 5.91 Å². The molecule has 2 atom stereocenters. The lowest BCUT2D eigenvalue weighted by Crippen LogP contribution is -2.58. The van der Waals surface area contributed by atoms with Crippen LogP contribution in [-0.4, -0.2) is 66.0 Å². The second-order valence-corrected chi connectivity index (χ2v) is 13.1. The number of piperidine rings is 1. The number of nitrogens with zero attached hydrogens (tertiary/aromatic N) is 2. The average molecular weight is 589 g/mol. The molecule has 5 rings (SSSR count). The highest BCUT2D eigenvalue weighted by molar-refractivity contribution is 7.11. The Morgan fingerprint density at radius 3 is 2.52 bits per heavy atom. The van der Waals surface area contributed by atoms with Crippen molar-refractivity contribution in [1.82, 2.24) is 15.1 Å². The first-order valence-corrected chi connectivity index (χ1v) is 16.1. The van der Waals surface area contributed by atoms with E-state index in [0.717, 1.165) is 51.6 Å². The summed E-state index contributed by atoms with van der Waals surface area (Å²) in [5, 5.41) is 3.31. The van der Waals surface area contributed by atoms with Crippen molar-refractivity contribution in [3.8, 4) is 5.75 Å². The molecule has 1 saturated carbocycles. The first-order valence-electron chi connectivity index (χ1n) is 15.2. The van der Waals surface area contributed by atoms with E-state index in [4.69, 9.17) is 10.5 Å². The molecule has 1 unspecified atom stereocenters. The van der Waals surface area contributed by atoms with Crippen LogP contribution in [0.2, 0.25) is 0 Å². The second kappa shape index (κ2) is 14.3. The maximum atomic E-state index is 13.9. The largest absolute Gasteiger partial charge is 0.497 e. The lowest BCUT2D eigenvalue weighted by Gasteiger charge is -2.43. The van der Waals surface area contributed by atoms with Crippen LogP contribution in [-0.2, 0) is 17.8 Å². The Labute approximate surface area is 254 Å². The molecule has 2 aromatic carbocycles. The zero-order valence-corrected chi connectivity index (χ0v) is 25.7. The van der Waals surface area contributed by atoms with Gasteiger partial charge in [-0.25, -0.2) is 0 Å². The summed E-state index contributed by atoms with van der Waals surface area (Å²) in [5.74, 6) is 0.461. The van der Waals surface area contributed by atoms with Crippen molar-refractivity contribution < 1.29 is 14.3 Å². The normalized spacial score (nSPS) is 22.6. The monoisotopic (exact) mass is 588 g/mol. The van der Waals surface area contributed by atoms with Gasteiger partial charge in [-0.1, -0.05) is 36.4 Å². The highest BCUT2D eigenvalue weighted by Crippen LogP contribution is 2.29. The maximum absolute atomic E-state index is 13.9. The van der Waals surface area contributed by atoms with E-state index >= 15 is 0 Å². The second-order valence-electron chi connectivity index (χ2n) is 11.8. The first-order chi connectivity index (χ1) is 20.4. The fraction of sp³-hybridized carbons (Fsp3) is 0.471. The van der Waals surface area contributed by atoms with E-state index in [-0.39, 0.29) is 29.9 Å². The SMILES string of the molecule is COc1cccc(C(=O)N2CCC(N(CCc3ccccc3)Cc3ccc(C)s3)C[C@@H]2C(=O)NC2CCC(N)CC2)c1. The summed E-state index contributed by atoms with van der Waals surface area (Å²) in [6.07, 6.45) is 5.95. The van der Waals surface area contributed by atoms with Crippen molar-refractivity contribution in [2.75, 3.05) is 20.2 Å². The number of likely N-dealkylation sites (tertiary alicyclic amines) is 1. The summed E-state index contributed by atoms with van der Waals surface area (Å²) in [4.78, 5) is 34.8. The lowest BCUT2D eigenvalue weighted by molar-refractivity contribution is -0.128. The topological polar surface area (TPSA) is 87.9 Å². The van der Waals surface area contributed by atoms with Crippen LogP contribution >= 0.6 is 11.3 Å². The van der Waals surface area contributed by atoms with E-state index in [0.29, 0.717) is 24.3 Å². The molecule has 3 aromatic rings. The molecule has 7 nitrogen and oxygen atoms in total. The molecule has 8 heteroatoms. The molecule has 1 aliphatic carbocycles. The standard InChI is InChI=1S/C34H44N4O3S/c1-24-11-16-31(42-24)23-37(19-17-25-7-4-3-5-8-25)29-18-20-38(34(40)26-9-6-10-30(21-26)41-2)32(22-29)33(39)36-28-14-12-27(35)13-15-28/h3-11,16,21,27-29,32H,12-15,17-20,22-23,35H2,1-2H3,(H,36,39)/t27?,28?,29?,32-/m1/s1. The summed E-state index contributed by atoms with van der Waals surface area (Å²) in [6, 6.07) is 22.2. The van der Waals surface area contributed by atoms with Gasteiger partial charge in [0.1, 0.15) is 11.8 Å². The molecule has 2 heterocycles. The summed E-state index contributed by atoms with van der Waals surface area (Å²) < 4.78 is 5.38. The van der Waals surface area contributed by atoms with Crippen LogP contribution in [0.15, 0.2) is 66.7 Å². The zero-order chi connectivity index (χ0) is 29.5. The van der Waals surface area contributed by atoms with Crippen molar-refractivity contribution >= 4 is 23.2 Å². The summed E-state index contributed by atoms with van der Waals surface area (Å²) in [5.41, 5.74) is 7.98. The molecule has 224 valence electrons. The van der Waals surface area contributed by atoms with Crippen LogP contribution in [0.25, 0.3) is 0 Å². The Bertz CT molecular complexity index is 1320. The number of hydrogen-bond donors (Lipinski definition) is 2. The minimum absolute atomic E-state index is 0.0496. The summed E-state index contributed by atoms with van der Waals surface area (Å²) in [6.45, 7) is 4.41. The molecule has 2 amide bonds. The molecule has 2 fully saturated rings. The van der Waals surface area contributed by atoms with E-state index in [1.807, 2.05) is 29.5 Å². The van der Waals surface area contributed by atoms with Crippen molar-refractivity contribution in [2.45, 2.75) is 82.6 Å². The van der Waals surface area contributed by atoms with Gasteiger partial charge in [-0.2, -0.15) is 0 Å². The number of carbonyl (C=O) groups is 2. The number of nitrogens with one attached hydrogen (secondary N) is 1. The van der Waals surface area contributed by atoms with E-state index in [2.05, 4.69) is 53.5 Å². The number of aryl methyl sites for hydroxylation is 1. The van der Waals surface area contributed by atoms with Gasteiger partial charge in [0, 0.05) is 53.1 Å². The van der Waals surface area contributed by atoms with Crippen molar-refractivity contribution in [2.24, 2.45) is 5.73 Å². The molecule has 3 N–H and O–H groups in total. The molecule has 1 aromatic heterocycles. The van der Waals surface area contributed by atoms with Gasteiger partial charge in [0.25, 0.3) is 5.91 Å². The number of rotatable bonds is 10. The van der Waals surface area contributed by atoms with Gasteiger partial charge >= 0.3 is 0 Å². The number of hydrogen-bond acceptors (Lipinski definition) is 6. The van der Waals surface area contributed by atoms with Crippen LogP contribution in [0.5, 0.6) is 5.75 Å². The Kier molecular flexibility index (Phi) is 10.3. The molecule has 42 heavy (non-hydrogen) atoms. The van der Waals surface area contributed by atoms with E-state index in [9.17, 15) is 9.59 Å². The number of amides is 2. The van der Waals surface area contributed by atoms with E-state index in [1.54, 1.807) is 24.1 Å². The summed E-state index contributed by atoms with van der Waals surface area (Å²) in [7, 11) is 1.60. The minimum atomic E-state index is -0.539. The molecular weight excluding hydrogens is 544 g/mol. The number of nitrogens with two attached hydrogens (primary N) is 1. The Morgan fingerprint density at radius 1 is 1.02 bits per heavy atom. The van der Waals surface area contributed by atoms with Crippen LogP contribution in [0.3, 0.4) is 0 Å². The van der Waals surface area contributed by atoms with Gasteiger partial charge in [0.05, 0.1) is 7.11 Å². The fourth-order valence-corrected chi connectivity index (χ4v) is 7.25. The fourth-order valence-electron chi connectivity index (χ4n) is 6.33. The number of carbonyl (C=O) groups excluding carboxylic acids is 2. The molecule has 2 aliphatic rings. The third-order valence-corrected chi connectivity index (χ3v) is 9.76. The van der Waals surface area contributed by atoms with Crippen molar-refractivity contribution in [1.29, 1.82) is 0 Å². The predicted molar refractivity (Wildman–Crippen MR) is 169 cm³/mol. The van der Waals surface area contributed by atoms with Gasteiger partial charge in [0.15, 0.2) is 0 Å². The first kappa shape index (κ1) is 30.3. The number of benzene rings is 2. The van der Waals surface area contributed by atoms with Crippen LogP contribution in [0.4, 0.5) is 0 Å². The lowest BCUT2D eigenvalue weighted by atomic mass is 9.90. The highest BCUT2D eigenvalue weighted by Gasteiger charge is 2.39. The Morgan fingerprint density at radius 2 is 1.81 bits per heavy atom. The zero-order valence-electron chi connectivity index (χ0n) is 24.8. The molecular formula is C34H44N4O3S. The van der Waals surface area contributed by atoms with Gasteiger partial charge in [-0.15, -0.1) is 11.3 Å². The molecule has 1 aliphatic heterocycles. The Balaban J connectivity index is 1.37. The van der Waals surface area contributed by atoms with E-state index in [1.165, 1.54) is 15.3 Å². The molecule has 0 bridgehead atoms. The average Bonchev–Trinajstić information content (AvgIpc) is 3.44. The van der Waals surface area contributed by atoms with Crippen molar-refractivity contribution in [3.63, 3.8) is 0 Å². The third-order valence-electron chi connectivity index (χ3n) is 8.78. The maximum Gasteiger partial charge on any atom is 0.254 e.